The number of anilines is 1. The topological polar surface area (TPSA) is 82.3 Å². The van der Waals surface area contributed by atoms with Crippen LogP contribution in [-0.2, 0) is 4.79 Å². The van der Waals surface area contributed by atoms with Gasteiger partial charge in [0.2, 0.25) is 0 Å². The first kappa shape index (κ1) is 24.6. The summed E-state index contributed by atoms with van der Waals surface area (Å²) in [6, 6.07) is 13.2. The van der Waals surface area contributed by atoms with Gasteiger partial charge in [0.05, 0.1) is 22.9 Å². The van der Waals surface area contributed by atoms with Gasteiger partial charge in [-0.05, 0) is 74.8 Å². The first-order valence-corrected chi connectivity index (χ1v) is 11.9. The highest BCUT2D eigenvalue weighted by molar-refractivity contribution is 7.80. The number of rotatable bonds is 7. The maximum atomic E-state index is 13.3. The van der Waals surface area contributed by atoms with E-state index in [0.29, 0.717) is 46.5 Å². The molecule has 7 nitrogen and oxygen atoms in total. The molecule has 4 rings (SSSR count). The number of ether oxygens (including phenoxy) is 1. The van der Waals surface area contributed by atoms with Crippen LogP contribution in [0.2, 0.25) is 5.02 Å². The van der Waals surface area contributed by atoms with Crippen LogP contribution >= 0.6 is 23.8 Å². The van der Waals surface area contributed by atoms with Crippen LogP contribution in [-0.4, -0.2) is 44.6 Å². The lowest BCUT2D eigenvalue weighted by Crippen LogP contribution is -2.44. The molecule has 1 aliphatic heterocycles. The average Bonchev–Trinajstić information content (AvgIpc) is 3.03. The maximum absolute atomic E-state index is 13.3. The molecule has 0 atom stereocenters. The number of hydrogen-bond donors (Lipinski definition) is 0. The quantitative estimate of drug-likeness (QED) is 0.324. The van der Waals surface area contributed by atoms with E-state index >= 15 is 0 Å². The third-order valence-corrected chi connectivity index (χ3v) is 6.98. The van der Waals surface area contributed by atoms with E-state index in [9.17, 15) is 10.1 Å². The van der Waals surface area contributed by atoms with Crippen molar-refractivity contribution in [2.75, 3.05) is 18.1 Å². The predicted molar refractivity (Wildman–Crippen MR) is 139 cm³/mol. The van der Waals surface area contributed by atoms with Crippen LogP contribution in [0.25, 0.3) is 11.1 Å². The second kappa shape index (κ2) is 9.98. The molecule has 2 heterocycles. The van der Waals surface area contributed by atoms with E-state index in [-0.39, 0.29) is 5.91 Å². The van der Waals surface area contributed by atoms with Crippen LogP contribution in [0.4, 0.5) is 5.69 Å². The predicted octanol–water partition coefficient (Wildman–Crippen LogP) is 5.16. The molecule has 3 aromatic rings. The maximum Gasteiger partial charge on any atom is 0.258 e. The summed E-state index contributed by atoms with van der Waals surface area (Å²) >= 11 is 12.1. The fourth-order valence-corrected chi connectivity index (χ4v) is 4.73. The molecule has 0 spiro atoms. The number of nitrogens with zero attached hydrogens (tertiary/aromatic N) is 5. The van der Waals surface area contributed by atoms with E-state index in [1.165, 1.54) is 11.2 Å². The smallest absolute Gasteiger partial charge is 0.258 e. The Morgan fingerprint density at radius 3 is 2.46 bits per heavy atom. The second-order valence-corrected chi connectivity index (χ2v) is 9.41. The zero-order valence-electron chi connectivity index (χ0n) is 19.7. The molecule has 35 heavy (non-hydrogen) atoms. The molecule has 178 valence electrons. The minimum Gasteiger partial charge on any atom is -0.494 e. The largest absolute Gasteiger partial charge is 0.494 e. The molecule has 2 aromatic carbocycles. The minimum absolute atomic E-state index is 0.132. The Morgan fingerprint density at radius 2 is 1.80 bits per heavy atom. The summed E-state index contributed by atoms with van der Waals surface area (Å²) in [4.78, 5) is 24.8. The van der Waals surface area contributed by atoms with Crippen molar-refractivity contribution in [1.29, 1.82) is 5.26 Å². The summed E-state index contributed by atoms with van der Waals surface area (Å²) < 4.78 is 5.91. The lowest BCUT2D eigenvalue weighted by atomic mass is 10.0. The standard InChI is InChI=1S/C26H24ClN5O2S/c1-17-22(10-7-19(13-28)23(17)27)32-24(33)26(2,3)31(25(32)35)11-4-12-34-21-8-5-18(6-9-21)20-14-29-16-30-15-20/h5-10,14-16H,4,11-12H2,1-3H3. The third kappa shape index (κ3) is 4.70. The molecule has 0 aliphatic carbocycles. The van der Waals surface area contributed by atoms with Gasteiger partial charge >= 0.3 is 0 Å². The zero-order valence-corrected chi connectivity index (χ0v) is 21.2. The van der Waals surface area contributed by atoms with Gasteiger partial charge in [-0.3, -0.25) is 9.69 Å². The Bertz CT molecular complexity index is 1310. The van der Waals surface area contributed by atoms with Crippen molar-refractivity contribution >= 4 is 40.5 Å². The van der Waals surface area contributed by atoms with Crippen LogP contribution in [0, 0.1) is 18.3 Å². The number of thiocarbonyl (C=S) groups is 1. The lowest BCUT2D eigenvalue weighted by Gasteiger charge is -2.29. The van der Waals surface area contributed by atoms with Gasteiger partial charge in [-0.25, -0.2) is 9.97 Å². The van der Waals surface area contributed by atoms with Crippen LogP contribution in [0.15, 0.2) is 55.1 Å². The SMILES string of the molecule is Cc1c(N2C(=O)C(C)(C)N(CCCOc3ccc(-c4cncnc4)cc3)C2=S)ccc(C#N)c1Cl. The molecule has 0 radical (unpaired) electrons. The Morgan fingerprint density at radius 1 is 1.11 bits per heavy atom. The van der Waals surface area contributed by atoms with E-state index in [1.54, 1.807) is 31.5 Å². The van der Waals surface area contributed by atoms with Gasteiger partial charge < -0.3 is 9.64 Å². The molecule has 1 amide bonds. The third-order valence-electron chi connectivity index (χ3n) is 6.09. The summed E-state index contributed by atoms with van der Waals surface area (Å²) in [6.45, 7) is 6.52. The van der Waals surface area contributed by atoms with Gasteiger partial charge in [0.1, 0.15) is 23.7 Å². The highest BCUT2D eigenvalue weighted by Crippen LogP contribution is 2.37. The van der Waals surface area contributed by atoms with Gasteiger partial charge in [-0.1, -0.05) is 23.7 Å². The number of nitriles is 1. The Kier molecular flexibility index (Phi) is 7.01. The molecule has 1 saturated heterocycles. The molecular formula is C26H24ClN5O2S. The first-order valence-electron chi connectivity index (χ1n) is 11.1. The second-order valence-electron chi connectivity index (χ2n) is 8.67. The minimum atomic E-state index is -0.816. The Labute approximate surface area is 214 Å². The number of carbonyl (C=O) groups excluding carboxylic acids is 1. The van der Waals surface area contributed by atoms with Crippen LogP contribution in [0.3, 0.4) is 0 Å². The number of benzene rings is 2. The summed E-state index contributed by atoms with van der Waals surface area (Å²) in [5, 5.41) is 9.98. The highest BCUT2D eigenvalue weighted by atomic mass is 35.5. The fourth-order valence-electron chi connectivity index (χ4n) is 4.03. The zero-order chi connectivity index (χ0) is 25.2. The van der Waals surface area contributed by atoms with E-state index in [0.717, 1.165) is 16.9 Å². The molecule has 1 aromatic heterocycles. The number of amides is 1. The van der Waals surface area contributed by atoms with E-state index in [2.05, 4.69) is 16.0 Å². The monoisotopic (exact) mass is 505 g/mol. The van der Waals surface area contributed by atoms with E-state index in [1.807, 2.05) is 43.0 Å². The normalized spacial score (nSPS) is 14.8. The number of halogens is 1. The van der Waals surface area contributed by atoms with Crippen molar-refractivity contribution in [3.63, 3.8) is 0 Å². The number of carbonyl (C=O) groups is 1. The molecular weight excluding hydrogens is 482 g/mol. The summed E-state index contributed by atoms with van der Waals surface area (Å²) in [6.07, 6.45) is 5.71. The molecule has 0 bridgehead atoms. The summed E-state index contributed by atoms with van der Waals surface area (Å²) in [7, 11) is 0. The van der Waals surface area contributed by atoms with Crippen LogP contribution in [0.5, 0.6) is 5.75 Å². The molecule has 0 unspecified atom stereocenters. The molecule has 9 heteroatoms. The van der Waals surface area contributed by atoms with Gasteiger partial charge in [0, 0.05) is 24.5 Å². The van der Waals surface area contributed by atoms with Gasteiger partial charge in [0.15, 0.2) is 5.11 Å². The molecule has 1 aliphatic rings. The van der Waals surface area contributed by atoms with E-state index in [4.69, 9.17) is 28.6 Å². The average molecular weight is 506 g/mol. The summed E-state index contributed by atoms with van der Waals surface area (Å²) in [5.74, 6) is 0.627. The number of aromatic nitrogens is 2. The highest BCUT2D eigenvalue weighted by Gasteiger charge is 2.49. The van der Waals surface area contributed by atoms with Crippen LogP contribution < -0.4 is 9.64 Å². The van der Waals surface area contributed by atoms with Crippen molar-refractivity contribution in [3.05, 3.63) is 71.3 Å². The Balaban J connectivity index is 1.40. The van der Waals surface area contributed by atoms with Crippen molar-refractivity contribution in [3.8, 4) is 22.9 Å². The van der Waals surface area contributed by atoms with Crippen molar-refractivity contribution in [2.24, 2.45) is 0 Å². The molecule has 1 fully saturated rings. The van der Waals surface area contributed by atoms with Gasteiger partial charge in [-0.2, -0.15) is 5.26 Å². The van der Waals surface area contributed by atoms with Gasteiger partial charge in [0.25, 0.3) is 5.91 Å². The number of hydrogen-bond acceptors (Lipinski definition) is 6. The fraction of sp³-hybridized carbons (Fsp3) is 0.269. The van der Waals surface area contributed by atoms with Crippen molar-refractivity contribution in [2.45, 2.75) is 32.7 Å². The Hall–Kier alpha value is -3.54. The molecule has 0 N–H and O–H groups in total. The van der Waals surface area contributed by atoms with Gasteiger partial charge in [-0.15, -0.1) is 0 Å². The first-order chi connectivity index (χ1) is 16.8. The van der Waals surface area contributed by atoms with Crippen LogP contribution in [0.1, 0.15) is 31.4 Å². The lowest BCUT2D eigenvalue weighted by molar-refractivity contribution is -0.123. The van der Waals surface area contributed by atoms with E-state index < -0.39 is 5.54 Å². The summed E-state index contributed by atoms with van der Waals surface area (Å²) in [5.41, 5.74) is 2.75. The van der Waals surface area contributed by atoms with Crippen molar-refractivity contribution < 1.29 is 9.53 Å². The van der Waals surface area contributed by atoms with Crippen molar-refractivity contribution in [1.82, 2.24) is 14.9 Å². The molecule has 0 saturated carbocycles.